The maximum Gasteiger partial charge on any atom is 0.356 e. The number of pyridine rings is 1. The smallest absolute Gasteiger partial charge is 0.356 e. The summed E-state index contributed by atoms with van der Waals surface area (Å²) in [6, 6.07) is 1.28. The van der Waals surface area contributed by atoms with Gasteiger partial charge < -0.3 is 4.74 Å². The fourth-order valence-electron chi connectivity index (χ4n) is 1.23. The van der Waals surface area contributed by atoms with Gasteiger partial charge >= 0.3 is 5.97 Å². The van der Waals surface area contributed by atoms with E-state index in [0.717, 1.165) is 0 Å². The first-order valence-corrected chi connectivity index (χ1v) is 5.56. The Hall–Kier alpha value is -1.04. The number of carbonyl (C=O) groups is 1. The lowest BCUT2D eigenvalue weighted by molar-refractivity contribution is 0.0591. The highest BCUT2D eigenvalue weighted by Gasteiger charge is 2.19. The minimum absolute atomic E-state index is 0.0604. The van der Waals surface area contributed by atoms with Crippen LogP contribution in [0.25, 0.3) is 0 Å². The van der Waals surface area contributed by atoms with Gasteiger partial charge in [0, 0.05) is 5.33 Å². The van der Waals surface area contributed by atoms with Gasteiger partial charge in [0.15, 0.2) is 5.69 Å². The summed E-state index contributed by atoms with van der Waals surface area (Å²) < 4.78 is 29.6. The lowest BCUT2D eigenvalue weighted by atomic mass is 10.1. The number of methoxy groups -OCH3 is 1. The van der Waals surface area contributed by atoms with Crippen molar-refractivity contribution >= 4 is 21.9 Å². The molecule has 0 atom stereocenters. The number of rotatable bonds is 3. The van der Waals surface area contributed by atoms with Crippen molar-refractivity contribution in [1.29, 1.82) is 0 Å². The van der Waals surface area contributed by atoms with Crippen LogP contribution >= 0.6 is 15.9 Å². The molecule has 0 unspecified atom stereocenters. The predicted molar refractivity (Wildman–Crippen MR) is 57.9 cm³/mol. The Bertz CT molecular complexity index is 410. The third kappa shape index (κ3) is 2.55. The summed E-state index contributed by atoms with van der Waals surface area (Å²) in [5, 5.41) is 0.380. The first kappa shape index (κ1) is 13.0. The molecule has 1 aromatic heterocycles. The van der Waals surface area contributed by atoms with Crippen LogP contribution in [0, 0.1) is 6.92 Å². The molecule has 1 heterocycles. The maximum atomic E-state index is 12.5. The summed E-state index contributed by atoms with van der Waals surface area (Å²) >= 11 is 3.17. The predicted octanol–water partition coefficient (Wildman–Crippen LogP) is 3.01. The van der Waals surface area contributed by atoms with Crippen molar-refractivity contribution in [3.05, 3.63) is 28.6 Å². The third-order valence-corrected chi connectivity index (χ3v) is 2.75. The number of nitrogens with zero attached hydrogens (tertiary/aromatic N) is 1. The standard InChI is InChI=1S/C10H10BrF2NO2/c1-5-6(4-11)3-7(9(12)13)14-8(5)10(15)16-2/h3,9H,4H2,1-2H3. The van der Waals surface area contributed by atoms with Crippen molar-refractivity contribution in [1.82, 2.24) is 4.98 Å². The molecule has 0 aliphatic rings. The van der Waals surface area contributed by atoms with E-state index in [1.54, 1.807) is 6.92 Å². The molecule has 16 heavy (non-hydrogen) atoms. The second kappa shape index (κ2) is 5.34. The van der Waals surface area contributed by atoms with Gasteiger partial charge in [-0.2, -0.15) is 0 Å². The summed E-state index contributed by atoms with van der Waals surface area (Å²) in [6.07, 6.45) is -2.71. The molecule has 0 spiro atoms. The van der Waals surface area contributed by atoms with Crippen LogP contribution in [-0.2, 0) is 10.1 Å². The van der Waals surface area contributed by atoms with Crippen LogP contribution in [0.15, 0.2) is 6.07 Å². The van der Waals surface area contributed by atoms with Crippen molar-refractivity contribution in [3.63, 3.8) is 0 Å². The van der Waals surface area contributed by atoms with Gasteiger partial charge in [0.05, 0.1) is 7.11 Å². The Balaban J connectivity index is 3.35. The number of ether oxygens (including phenoxy) is 1. The summed E-state index contributed by atoms with van der Waals surface area (Å²) in [7, 11) is 1.19. The SMILES string of the molecule is COC(=O)c1nc(C(F)F)cc(CBr)c1C. The maximum absolute atomic E-state index is 12.5. The molecule has 3 nitrogen and oxygen atoms in total. The molecule has 1 rings (SSSR count). The van der Waals surface area contributed by atoms with Crippen LogP contribution in [0.2, 0.25) is 0 Å². The van der Waals surface area contributed by atoms with Crippen LogP contribution in [0.1, 0.15) is 33.7 Å². The molecule has 1 aromatic rings. The van der Waals surface area contributed by atoms with E-state index in [-0.39, 0.29) is 5.69 Å². The van der Waals surface area contributed by atoms with Gasteiger partial charge in [-0.15, -0.1) is 0 Å². The zero-order valence-corrected chi connectivity index (χ0v) is 10.3. The topological polar surface area (TPSA) is 39.2 Å². The average Bonchev–Trinajstić information content (AvgIpc) is 2.28. The van der Waals surface area contributed by atoms with Crippen molar-refractivity contribution in [2.45, 2.75) is 18.7 Å². The van der Waals surface area contributed by atoms with Gasteiger partial charge in [-0.05, 0) is 24.1 Å². The molecule has 0 aliphatic heterocycles. The van der Waals surface area contributed by atoms with Crippen molar-refractivity contribution in [2.75, 3.05) is 7.11 Å². The highest BCUT2D eigenvalue weighted by atomic mass is 79.9. The highest BCUT2D eigenvalue weighted by molar-refractivity contribution is 9.08. The van der Waals surface area contributed by atoms with E-state index in [4.69, 9.17) is 0 Å². The molecule has 0 aliphatic carbocycles. The molecule has 0 N–H and O–H groups in total. The quantitative estimate of drug-likeness (QED) is 0.635. The number of carbonyl (C=O) groups excluding carboxylic acids is 1. The summed E-state index contributed by atoms with van der Waals surface area (Å²) in [5.74, 6) is -0.706. The Kier molecular flexibility index (Phi) is 4.35. The van der Waals surface area contributed by atoms with E-state index in [1.807, 2.05) is 0 Å². The molecule has 0 radical (unpaired) electrons. The first-order chi connectivity index (χ1) is 7.51. The summed E-state index contributed by atoms with van der Waals surface area (Å²) in [5.41, 5.74) is 0.675. The van der Waals surface area contributed by atoms with E-state index in [2.05, 4.69) is 25.7 Å². The monoisotopic (exact) mass is 293 g/mol. The Morgan fingerprint density at radius 2 is 2.25 bits per heavy atom. The van der Waals surface area contributed by atoms with E-state index in [0.29, 0.717) is 16.5 Å². The number of esters is 1. The molecule has 88 valence electrons. The number of aromatic nitrogens is 1. The molecule has 0 aromatic carbocycles. The van der Waals surface area contributed by atoms with Gasteiger partial charge in [-0.3, -0.25) is 0 Å². The van der Waals surface area contributed by atoms with Gasteiger partial charge in [0.1, 0.15) is 5.69 Å². The Morgan fingerprint density at radius 1 is 1.62 bits per heavy atom. The molecule has 6 heteroatoms. The van der Waals surface area contributed by atoms with Crippen LogP contribution in [0.4, 0.5) is 8.78 Å². The molecule has 0 saturated carbocycles. The van der Waals surface area contributed by atoms with Crippen molar-refractivity contribution in [3.8, 4) is 0 Å². The zero-order valence-electron chi connectivity index (χ0n) is 8.76. The Morgan fingerprint density at radius 3 is 2.69 bits per heavy atom. The molecular weight excluding hydrogens is 284 g/mol. The van der Waals surface area contributed by atoms with E-state index >= 15 is 0 Å². The van der Waals surface area contributed by atoms with Crippen LogP contribution < -0.4 is 0 Å². The van der Waals surface area contributed by atoms with Gasteiger partial charge in [0.2, 0.25) is 0 Å². The van der Waals surface area contributed by atoms with Crippen LogP contribution in [-0.4, -0.2) is 18.1 Å². The fourth-order valence-corrected chi connectivity index (χ4v) is 1.81. The summed E-state index contributed by atoms with van der Waals surface area (Å²) in [4.78, 5) is 14.9. The molecule has 0 saturated heterocycles. The fraction of sp³-hybridized carbons (Fsp3) is 0.400. The minimum Gasteiger partial charge on any atom is -0.464 e. The van der Waals surface area contributed by atoms with Gasteiger partial charge in [-0.1, -0.05) is 15.9 Å². The molecule has 0 amide bonds. The van der Waals surface area contributed by atoms with Gasteiger partial charge in [0.25, 0.3) is 6.43 Å². The zero-order chi connectivity index (χ0) is 12.3. The third-order valence-electron chi connectivity index (χ3n) is 2.15. The van der Waals surface area contributed by atoms with Crippen molar-refractivity contribution in [2.24, 2.45) is 0 Å². The van der Waals surface area contributed by atoms with Crippen LogP contribution in [0.5, 0.6) is 0 Å². The van der Waals surface area contributed by atoms with E-state index < -0.39 is 18.1 Å². The lowest BCUT2D eigenvalue weighted by Crippen LogP contribution is -2.11. The second-order valence-corrected chi connectivity index (χ2v) is 3.67. The second-order valence-electron chi connectivity index (χ2n) is 3.11. The molecular formula is C10H10BrF2NO2. The summed E-state index contributed by atoms with van der Waals surface area (Å²) in [6.45, 7) is 1.64. The first-order valence-electron chi connectivity index (χ1n) is 4.44. The normalized spacial score (nSPS) is 10.6. The Labute approximate surface area is 99.9 Å². The van der Waals surface area contributed by atoms with Crippen molar-refractivity contribution < 1.29 is 18.3 Å². The van der Waals surface area contributed by atoms with Crippen LogP contribution in [0.3, 0.4) is 0 Å². The van der Waals surface area contributed by atoms with E-state index in [9.17, 15) is 13.6 Å². The number of alkyl halides is 3. The number of halogens is 3. The van der Waals surface area contributed by atoms with Gasteiger partial charge in [-0.25, -0.2) is 18.6 Å². The lowest BCUT2D eigenvalue weighted by Gasteiger charge is -2.10. The number of hydrogen-bond acceptors (Lipinski definition) is 3. The minimum atomic E-state index is -2.71. The highest BCUT2D eigenvalue weighted by Crippen LogP contribution is 2.23. The average molecular weight is 294 g/mol. The molecule has 0 bridgehead atoms. The van der Waals surface area contributed by atoms with E-state index in [1.165, 1.54) is 13.2 Å². The largest absolute Gasteiger partial charge is 0.464 e. The number of hydrogen-bond donors (Lipinski definition) is 0. The molecule has 0 fully saturated rings.